The van der Waals surface area contributed by atoms with Crippen molar-refractivity contribution in [3.8, 4) is 11.5 Å². The third kappa shape index (κ3) is 2.51. The molecule has 0 unspecified atom stereocenters. The predicted octanol–water partition coefficient (Wildman–Crippen LogP) is 2.85. The Morgan fingerprint density at radius 1 is 1.19 bits per heavy atom. The molecule has 3 heterocycles. The number of aromatic nitrogens is 2. The zero-order valence-electron chi connectivity index (χ0n) is 12.1. The molecule has 1 aliphatic heterocycles. The Morgan fingerprint density at radius 2 is 1.95 bits per heavy atom. The van der Waals surface area contributed by atoms with Gasteiger partial charge in [0.2, 0.25) is 0 Å². The Balaban J connectivity index is 2.21. The summed E-state index contributed by atoms with van der Waals surface area (Å²) < 4.78 is 30.9. The molecule has 0 N–H and O–H groups in total. The van der Waals surface area contributed by atoms with Gasteiger partial charge in [-0.2, -0.15) is 0 Å². The number of hydrogen-bond acceptors (Lipinski definition) is 5. The van der Waals surface area contributed by atoms with E-state index in [1.165, 1.54) is 12.4 Å². The van der Waals surface area contributed by atoms with E-state index < -0.39 is 9.84 Å². The summed E-state index contributed by atoms with van der Waals surface area (Å²) in [6, 6.07) is 3.28. The van der Waals surface area contributed by atoms with Crippen LogP contribution in [-0.2, 0) is 21.0 Å². The second kappa shape index (κ2) is 4.53. The SMILES string of the molecule is CC(C)(C)c1cc2c(cn1)Oc1cnccc1CS2(=O)=O. The van der Waals surface area contributed by atoms with E-state index in [1.807, 2.05) is 20.8 Å². The van der Waals surface area contributed by atoms with Gasteiger partial charge in [0.15, 0.2) is 15.6 Å². The Bertz CT molecular complexity index is 808. The minimum atomic E-state index is -3.47. The number of rotatable bonds is 0. The van der Waals surface area contributed by atoms with Crippen molar-refractivity contribution in [2.45, 2.75) is 36.8 Å². The maximum atomic E-state index is 12.6. The lowest BCUT2D eigenvalue weighted by atomic mass is 9.92. The summed E-state index contributed by atoms with van der Waals surface area (Å²) in [5.41, 5.74) is 1.10. The summed E-state index contributed by atoms with van der Waals surface area (Å²) in [5.74, 6) is 0.630. The molecule has 0 aromatic carbocycles. The first-order chi connectivity index (χ1) is 9.77. The van der Waals surface area contributed by atoms with Gasteiger partial charge < -0.3 is 4.74 Å². The van der Waals surface area contributed by atoms with Crippen LogP contribution < -0.4 is 4.74 Å². The summed E-state index contributed by atoms with van der Waals surface area (Å²) in [6.07, 6.45) is 4.57. The van der Waals surface area contributed by atoms with Gasteiger partial charge in [-0.3, -0.25) is 9.97 Å². The highest BCUT2D eigenvalue weighted by atomic mass is 32.2. The summed E-state index contributed by atoms with van der Waals surface area (Å²) in [4.78, 5) is 8.50. The molecular weight excluding hydrogens is 288 g/mol. The van der Waals surface area contributed by atoms with E-state index in [-0.39, 0.29) is 21.8 Å². The van der Waals surface area contributed by atoms with Crippen LogP contribution in [0.3, 0.4) is 0 Å². The van der Waals surface area contributed by atoms with E-state index in [9.17, 15) is 8.42 Å². The first kappa shape index (κ1) is 14.0. The number of sulfone groups is 1. The van der Waals surface area contributed by atoms with Gasteiger partial charge in [-0.05, 0) is 12.1 Å². The molecular formula is C15H16N2O3S. The standard InChI is InChI=1S/C15H16N2O3S/c1-15(2,3)14-6-13-12(8-17-14)20-11-7-16-5-4-10(11)9-21(13,18)19/h4-8H,9H2,1-3H3. The Labute approximate surface area is 123 Å². The van der Waals surface area contributed by atoms with E-state index in [2.05, 4.69) is 9.97 Å². The summed E-state index contributed by atoms with van der Waals surface area (Å²) in [7, 11) is -3.47. The molecule has 2 aromatic rings. The minimum Gasteiger partial charge on any atom is -0.452 e. The van der Waals surface area contributed by atoms with Gasteiger partial charge in [-0.1, -0.05) is 20.8 Å². The first-order valence-electron chi connectivity index (χ1n) is 6.61. The highest BCUT2D eigenvalue weighted by molar-refractivity contribution is 7.90. The highest BCUT2D eigenvalue weighted by Crippen LogP contribution is 2.38. The van der Waals surface area contributed by atoms with Crippen LogP contribution in [0.15, 0.2) is 35.6 Å². The van der Waals surface area contributed by atoms with E-state index in [0.717, 1.165) is 5.69 Å². The molecule has 0 amide bonds. The largest absolute Gasteiger partial charge is 0.452 e. The third-order valence-electron chi connectivity index (χ3n) is 3.37. The molecule has 0 spiro atoms. The van der Waals surface area contributed by atoms with Crippen LogP contribution in [-0.4, -0.2) is 18.4 Å². The number of fused-ring (bicyclic) bond motifs is 2. The average Bonchev–Trinajstić information content (AvgIpc) is 2.50. The van der Waals surface area contributed by atoms with Crippen molar-refractivity contribution in [1.82, 2.24) is 9.97 Å². The first-order valence-corrected chi connectivity index (χ1v) is 8.27. The second-order valence-electron chi connectivity index (χ2n) is 6.11. The molecule has 1 aliphatic rings. The van der Waals surface area contributed by atoms with Crippen molar-refractivity contribution in [2.24, 2.45) is 0 Å². The quantitative estimate of drug-likeness (QED) is 0.748. The van der Waals surface area contributed by atoms with Gasteiger partial charge in [0.1, 0.15) is 10.6 Å². The predicted molar refractivity (Wildman–Crippen MR) is 78.1 cm³/mol. The Morgan fingerprint density at radius 3 is 2.67 bits per heavy atom. The molecule has 110 valence electrons. The minimum absolute atomic E-state index is 0.0918. The fourth-order valence-electron chi connectivity index (χ4n) is 2.18. The van der Waals surface area contributed by atoms with Gasteiger partial charge in [0, 0.05) is 22.9 Å². The molecule has 6 heteroatoms. The van der Waals surface area contributed by atoms with Crippen LogP contribution in [0, 0.1) is 0 Å². The molecule has 5 nitrogen and oxygen atoms in total. The van der Waals surface area contributed by atoms with Crippen molar-refractivity contribution in [2.75, 3.05) is 0 Å². The topological polar surface area (TPSA) is 69.2 Å². The normalized spacial score (nSPS) is 16.3. The van der Waals surface area contributed by atoms with E-state index in [0.29, 0.717) is 11.3 Å². The second-order valence-corrected chi connectivity index (χ2v) is 8.07. The Hall–Kier alpha value is -1.95. The van der Waals surface area contributed by atoms with Crippen molar-refractivity contribution >= 4 is 9.84 Å². The molecule has 0 bridgehead atoms. The number of ether oxygens (including phenoxy) is 1. The molecule has 0 saturated heterocycles. The Kier molecular flexibility index (Phi) is 3.02. The lowest BCUT2D eigenvalue weighted by Crippen LogP contribution is -2.15. The summed E-state index contributed by atoms with van der Waals surface area (Å²) in [6.45, 7) is 5.97. The highest BCUT2D eigenvalue weighted by Gasteiger charge is 2.29. The number of hydrogen-bond donors (Lipinski definition) is 0. The fourth-order valence-corrected chi connectivity index (χ4v) is 3.67. The maximum absolute atomic E-state index is 12.6. The van der Waals surface area contributed by atoms with Crippen LogP contribution in [0.2, 0.25) is 0 Å². The van der Waals surface area contributed by atoms with E-state index in [4.69, 9.17) is 4.74 Å². The van der Waals surface area contributed by atoms with E-state index >= 15 is 0 Å². The average molecular weight is 304 g/mol. The van der Waals surface area contributed by atoms with Gasteiger partial charge in [0.25, 0.3) is 0 Å². The van der Waals surface area contributed by atoms with Crippen LogP contribution >= 0.6 is 0 Å². The zero-order valence-corrected chi connectivity index (χ0v) is 12.9. The number of pyridine rings is 2. The molecule has 2 aromatic heterocycles. The lowest BCUT2D eigenvalue weighted by molar-refractivity contribution is 0.459. The fraction of sp³-hybridized carbons (Fsp3) is 0.333. The molecule has 0 atom stereocenters. The molecule has 21 heavy (non-hydrogen) atoms. The van der Waals surface area contributed by atoms with Crippen LogP contribution in [0.4, 0.5) is 0 Å². The third-order valence-corrected chi connectivity index (χ3v) is 5.05. The number of nitrogens with zero attached hydrogens (tertiary/aromatic N) is 2. The van der Waals surface area contributed by atoms with Gasteiger partial charge in [-0.15, -0.1) is 0 Å². The van der Waals surface area contributed by atoms with Crippen molar-refractivity contribution in [3.05, 3.63) is 42.0 Å². The molecule has 0 fully saturated rings. The van der Waals surface area contributed by atoms with Crippen LogP contribution in [0.1, 0.15) is 32.0 Å². The van der Waals surface area contributed by atoms with Crippen LogP contribution in [0.25, 0.3) is 0 Å². The maximum Gasteiger partial charge on any atom is 0.186 e. The molecule has 0 saturated carbocycles. The summed E-state index contributed by atoms with van der Waals surface area (Å²) >= 11 is 0. The van der Waals surface area contributed by atoms with Crippen molar-refractivity contribution < 1.29 is 13.2 Å². The summed E-state index contributed by atoms with van der Waals surface area (Å²) in [5, 5.41) is 0. The lowest BCUT2D eigenvalue weighted by Gasteiger charge is -2.19. The van der Waals surface area contributed by atoms with Gasteiger partial charge in [0.05, 0.1) is 18.1 Å². The molecule has 0 aliphatic carbocycles. The van der Waals surface area contributed by atoms with Gasteiger partial charge >= 0.3 is 0 Å². The zero-order chi connectivity index (χ0) is 15.3. The van der Waals surface area contributed by atoms with Crippen LogP contribution in [0.5, 0.6) is 11.5 Å². The smallest absolute Gasteiger partial charge is 0.186 e. The van der Waals surface area contributed by atoms with Crippen molar-refractivity contribution in [3.63, 3.8) is 0 Å². The van der Waals surface area contributed by atoms with Crippen molar-refractivity contribution in [1.29, 1.82) is 0 Å². The van der Waals surface area contributed by atoms with Gasteiger partial charge in [-0.25, -0.2) is 8.42 Å². The monoisotopic (exact) mass is 304 g/mol. The molecule has 3 rings (SSSR count). The molecule has 0 radical (unpaired) electrons. The van der Waals surface area contributed by atoms with E-state index in [1.54, 1.807) is 18.3 Å².